The van der Waals surface area contributed by atoms with Gasteiger partial charge in [0.15, 0.2) is 0 Å². The Hall–Kier alpha value is -2.31. The molecular formula is C23H31N3O6S2. The fourth-order valence-corrected chi connectivity index (χ4v) is 6.94. The second kappa shape index (κ2) is 11.4. The van der Waals surface area contributed by atoms with E-state index in [-0.39, 0.29) is 29.0 Å². The number of rotatable bonds is 10. The van der Waals surface area contributed by atoms with Crippen molar-refractivity contribution in [3.8, 4) is 0 Å². The summed E-state index contributed by atoms with van der Waals surface area (Å²) in [5, 5.41) is 2.67. The van der Waals surface area contributed by atoms with Crippen LogP contribution in [0.4, 0.5) is 5.69 Å². The van der Waals surface area contributed by atoms with Gasteiger partial charge in [0, 0.05) is 31.9 Å². The first-order valence-electron chi connectivity index (χ1n) is 11.1. The summed E-state index contributed by atoms with van der Waals surface area (Å²) in [6.45, 7) is 1.98. The molecule has 0 unspecified atom stereocenters. The third-order valence-corrected chi connectivity index (χ3v) is 9.62. The van der Waals surface area contributed by atoms with Crippen molar-refractivity contribution >= 4 is 31.6 Å². The summed E-state index contributed by atoms with van der Waals surface area (Å²) in [7, 11) is -6.35. The molecule has 9 nitrogen and oxygen atoms in total. The Balaban J connectivity index is 1.80. The maximum Gasteiger partial charge on any atom is 0.243 e. The van der Waals surface area contributed by atoms with E-state index in [2.05, 4.69) is 5.32 Å². The Bertz CT molecular complexity index is 1170. The van der Waals surface area contributed by atoms with Gasteiger partial charge in [0.2, 0.25) is 26.0 Å². The highest BCUT2D eigenvalue weighted by Crippen LogP contribution is 2.26. The van der Waals surface area contributed by atoms with Crippen LogP contribution in [0.1, 0.15) is 26.2 Å². The molecule has 1 atom stereocenters. The first-order valence-corrected chi connectivity index (χ1v) is 14.0. The highest BCUT2D eigenvalue weighted by molar-refractivity contribution is 7.89. The van der Waals surface area contributed by atoms with Crippen LogP contribution in [0, 0.1) is 0 Å². The van der Waals surface area contributed by atoms with Crippen molar-refractivity contribution in [1.82, 2.24) is 8.61 Å². The second-order valence-corrected chi connectivity index (χ2v) is 12.0. The van der Waals surface area contributed by atoms with Gasteiger partial charge < -0.3 is 10.1 Å². The number of carbonyl (C=O) groups excluding carboxylic acids is 1. The van der Waals surface area contributed by atoms with Crippen molar-refractivity contribution in [1.29, 1.82) is 0 Å². The lowest BCUT2D eigenvalue weighted by Crippen LogP contribution is -2.42. The molecule has 0 aromatic heterocycles. The summed E-state index contributed by atoms with van der Waals surface area (Å²) >= 11 is 0. The smallest absolute Gasteiger partial charge is 0.243 e. The van der Waals surface area contributed by atoms with Crippen LogP contribution in [0.25, 0.3) is 0 Å². The lowest BCUT2D eigenvalue weighted by molar-refractivity contribution is -0.116. The molecule has 11 heteroatoms. The molecule has 1 aliphatic heterocycles. The fourth-order valence-electron chi connectivity index (χ4n) is 3.86. The second-order valence-electron chi connectivity index (χ2n) is 8.18. The molecule has 0 spiro atoms. The van der Waals surface area contributed by atoms with E-state index in [1.807, 2.05) is 6.92 Å². The molecule has 34 heavy (non-hydrogen) atoms. The Morgan fingerprint density at radius 1 is 1.03 bits per heavy atom. The quantitative estimate of drug-likeness (QED) is 0.527. The third kappa shape index (κ3) is 6.22. The minimum absolute atomic E-state index is 0.0353. The highest BCUT2D eigenvalue weighted by atomic mass is 32.2. The number of piperidine rings is 1. The highest BCUT2D eigenvalue weighted by Gasteiger charge is 2.32. The fraction of sp³-hybridized carbons (Fsp3) is 0.435. The Morgan fingerprint density at radius 3 is 2.29 bits per heavy atom. The number of amides is 1. The summed E-state index contributed by atoms with van der Waals surface area (Å²) in [4.78, 5) is 12.5. The predicted octanol–water partition coefficient (Wildman–Crippen LogP) is 2.53. The van der Waals surface area contributed by atoms with E-state index < -0.39 is 32.5 Å². The van der Waals surface area contributed by atoms with Crippen LogP contribution >= 0.6 is 0 Å². The number of para-hydroxylation sites is 1. The first-order chi connectivity index (χ1) is 16.2. The molecule has 3 rings (SSSR count). The van der Waals surface area contributed by atoms with Gasteiger partial charge in [0.25, 0.3) is 0 Å². The Kier molecular flexibility index (Phi) is 8.83. The van der Waals surface area contributed by atoms with E-state index >= 15 is 0 Å². The number of methoxy groups -OCH3 is 1. The van der Waals surface area contributed by atoms with Gasteiger partial charge in [-0.25, -0.2) is 16.8 Å². The van der Waals surface area contributed by atoms with Crippen molar-refractivity contribution in [2.75, 3.05) is 38.7 Å². The lowest BCUT2D eigenvalue weighted by Gasteiger charge is -2.32. The molecule has 0 aliphatic carbocycles. The Morgan fingerprint density at radius 2 is 1.68 bits per heavy atom. The van der Waals surface area contributed by atoms with Crippen molar-refractivity contribution in [3.05, 3.63) is 54.6 Å². The van der Waals surface area contributed by atoms with Gasteiger partial charge in [-0.2, -0.15) is 8.61 Å². The van der Waals surface area contributed by atoms with Crippen molar-refractivity contribution < 1.29 is 26.4 Å². The molecule has 1 heterocycles. The summed E-state index contributed by atoms with van der Waals surface area (Å²) in [6, 6.07) is 13.8. The number of nitrogens with zero attached hydrogens (tertiary/aromatic N) is 2. The van der Waals surface area contributed by atoms with Crippen LogP contribution in [0.3, 0.4) is 0 Å². The summed E-state index contributed by atoms with van der Waals surface area (Å²) in [5.74, 6) is -0.496. The van der Waals surface area contributed by atoms with Gasteiger partial charge in [0.05, 0.1) is 22.9 Å². The first kappa shape index (κ1) is 26.3. The zero-order chi connectivity index (χ0) is 24.8. The largest absolute Gasteiger partial charge is 0.383 e. The number of ether oxygens (including phenoxy) is 1. The maximum absolute atomic E-state index is 13.3. The van der Waals surface area contributed by atoms with Gasteiger partial charge >= 0.3 is 0 Å². The summed E-state index contributed by atoms with van der Waals surface area (Å²) < 4.78 is 60.2. The van der Waals surface area contributed by atoms with Gasteiger partial charge in [0.1, 0.15) is 0 Å². The number of benzene rings is 2. The van der Waals surface area contributed by atoms with Crippen LogP contribution in [0.2, 0.25) is 0 Å². The molecular weight excluding hydrogens is 478 g/mol. The number of hydrogen-bond donors (Lipinski definition) is 1. The van der Waals surface area contributed by atoms with Gasteiger partial charge in [-0.15, -0.1) is 0 Å². The molecule has 1 fully saturated rings. The minimum Gasteiger partial charge on any atom is -0.383 e. The maximum atomic E-state index is 13.3. The standard InChI is InChI=1S/C23H31N3O6S2/c1-19-8-6-7-15-26(19)34(30,31)22-13-11-21(12-14-22)33(28,29)25(16-17-32-2)18-23(27)24-20-9-4-3-5-10-20/h3-5,9-14,19H,6-8,15-18H2,1-2H3,(H,24,27)/t19-/m1/s1. The molecule has 0 bridgehead atoms. The lowest BCUT2D eigenvalue weighted by atomic mass is 10.1. The molecule has 1 amide bonds. The van der Waals surface area contributed by atoms with E-state index in [0.29, 0.717) is 12.2 Å². The van der Waals surface area contributed by atoms with Crippen LogP contribution in [-0.2, 0) is 29.6 Å². The average molecular weight is 510 g/mol. The Labute approximate surface area is 201 Å². The summed E-state index contributed by atoms with van der Waals surface area (Å²) in [5.41, 5.74) is 0.554. The van der Waals surface area contributed by atoms with E-state index in [1.54, 1.807) is 30.3 Å². The molecule has 0 saturated carbocycles. The number of sulfonamides is 2. The normalized spacial score (nSPS) is 17.6. The van der Waals surface area contributed by atoms with E-state index in [4.69, 9.17) is 4.74 Å². The molecule has 2 aromatic carbocycles. The molecule has 0 radical (unpaired) electrons. The van der Waals surface area contributed by atoms with Crippen molar-refractivity contribution in [3.63, 3.8) is 0 Å². The molecule has 2 aromatic rings. The number of nitrogens with one attached hydrogen (secondary N) is 1. The van der Waals surface area contributed by atoms with E-state index in [9.17, 15) is 21.6 Å². The van der Waals surface area contributed by atoms with Crippen LogP contribution in [-0.4, -0.2) is 70.7 Å². The zero-order valence-corrected chi connectivity index (χ0v) is 21.0. The van der Waals surface area contributed by atoms with Crippen molar-refractivity contribution in [2.24, 2.45) is 0 Å². The van der Waals surface area contributed by atoms with Crippen LogP contribution < -0.4 is 5.32 Å². The predicted molar refractivity (Wildman–Crippen MR) is 129 cm³/mol. The third-order valence-electron chi connectivity index (χ3n) is 5.73. The zero-order valence-electron chi connectivity index (χ0n) is 19.4. The van der Waals surface area contributed by atoms with Gasteiger partial charge in [-0.3, -0.25) is 4.79 Å². The van der Waals surface area contributed by atoms with Gasteiger partial charge in [-0.1, -0.05) is 24.6 Å². The average Bonchev–Trinajstić information content (AvgIpc) is 2.82. The number of hydrogen-bond acceptors (Lipinski definition) is 6. The molecule has 1 N–H and O–H groups in total. The molecule has 186 valence electrons. The topological polar surface area (TPSA) is 113 Å². The van der Waals surface area contributed by atoms with Crippen molar-refractivity contribution in [2.45, 2.75) is 42.0 Å². The van der Waals surface area contributed by atoms with Crippen LogP contribution in [0.15, 0.2) is 64.4 Å². The minimum atomic E-state index is -4.07. The summed E-state index contributed by atoms with van der Waals surface area (Å²) in [6.07, 6.45) is 2.58. The van der Waals surface area contributed by atoms with Gasteiger partial charge in [-0.05, 0) is 56.2 Å². The molecule has 1 saturated heterocycles. The molecule has 1 aliphatic rings. The van der Waals surface area contributed by atoms with E-state index in [1.165, 1.54) is 35.7 Å². The van der Waals surface area contributed by atoms with E-state index in [0.717, 1.165) is 23.6 Å². The number of carbonyl (C=O) groups is 1. The monoisotopic (exact) mass is 509 g/mol. The van der Waals surface area contributed by atoms with Crippen LogP contribution in [0.5, 0.6) is 0 Å². The SMILES string of the molecule is COCCN(CC(=O)Nc1ccccc1)S(=O)(=O)c1ccc(S(=O)(=O)N2CCCC[C@H]2C)cc1. The number of anilines is 1.